The van der Waals surface area contributed by atoms with Crippen molar-refractivity contribution in [3.63, 3.8) is 0 Å². The van der Waals surface area contributed by atoms with Gasteiger partial charge in [0.2, 0.25) is 0 Å². The predicted octanol–water partition coefficient (Wildman–Crippen LogP) is 1.70. The lowest BCUT2D eigenvalue weighted by Gasteiger charge is -2.07. The number of anilines is 1. The number of nitrogens with zero attached hydrogens (tertiary/aromatic N) is 3. The molecule has 4 heteroatoms. The highest BCUT2D eigenvalue weighted by Crippen LogP contribution is 2.08. The van der Waals surface area contributed by atoms with E-state index < -0.39 is 0 Å². The first-order valence-electron chi connectivity index (χ1n) is 4.97. The first-order valence-corrected chi connectivity index (χ1v) is 4.97. The van der Waals surface area contributed by atoms with E-state index in [1.165, 1.54) is 5.56 Å². The molecule has 2 heterocycles. The Morgan fingerprint density at radius 3 is 3.07 bits per heavy atom. The summed E-state index contributed by atoms with van der Waals surface area (Å²) in [5.41, 5.74) is 1.17. The van der Waals surface area contributed by atoms with E-state index in [-0.39, 0.29) is 0 Å². The molecule has 2 aromatic rings. The van der Waals surface area contributed by atoms with Gasteiger partial charge in [0.1, 0.15) is 5.82 Å². The minimum Gasteiger partial charge on any atom is -0.368 e. The topological polar surface area (TPSA) is 42.7 Å². The van der Waals surface area contributed by atoms with Crippen LogP contribution in [0.15, 0.2) is 37.1 Å². The second-order valence-corrected chi connectivity index (χ2v) is 3.40. The van der Waals surface area contributed by atoms with Crippen LogP contribution < -0.4 is 5.32 Å². The summed E-state index contributed by atoms with van der Waals surface area (Å²) in [4.78, 5) is 8.25. The zero-order valence-corrected chi connectivity index (χ0v) is 8.72. The quantitative estimate of drug-likeness (QED) is 0.820. The Kier molecular flexibility index (Phi) is 2.97. The van der Waals surface area contributed by atoms with Crippen LogP contribution in [0.5, 0.6) is 0 Å². The molecule has 0 radical (unpaired) electrons. The maximum absolute atomic E-state index is 4.26. The molecule has 2 rings (SSSR count). The predicted molar refractivity (Wildman–Crippen MR) is 59.7 cm³/mol. The van der Waals surface area contributed by atoms with Gasteiger partial charge in [-0.3, -0.25) is 0 Å². The summed E-state index contributed by atoms with van der Waals surface area (Å²) in [5, 5.41) is 3.29. The molecule has 0 aromatic carbocycles. The van der Waals surface area contributed by atoms with E-state index in [4.69, 9.17) is 0 Å². The third kappa shape index (κ3) is 2.56. The normalized spacial score (nSPS) is 10.2. The van der Waals surface area contributed by atoms with Gasteiger partial charge in [-0.2, -0.15) is 0 Å². The lowest BCUT2D eigenvalue weighted by atomic mass is 10.3. The van der Waals surface area contributed by atoms with Crippen LogP contribution in [-0.2, 0) is 6.54 Å². The third-order valence-electron chi connectivity index (χ3n) is 2.23. The Balaban J connectivity index is 1.86. The van der Waals surface area contributed by atoms with Gasteiger partial charge in [-0.1, -0.05) is 6.07 Å². The van der Waals surface area contributed by atoms with Crippen LogP contribution in [0, 0.1) is 6.92 Å². The molecule has 0 unspecified atom stereocenters. The molecule has 4 nitrogen and oxygen atoms in total. The minimum absolute atomic E-state index is 0.855. The Hall–Kier alpha value is -1.84. The van der Waals surface area contributed by atoms with E-state index in [0.717, 1.165) is 18.9 Å². The van der Waals surface area contributed by atoms with Gasteiger partial charge in [0.15, 0.2) is 0 Å². The van der Waals surface area contributed by atoms with Crippen molar-refractivity contribution >= 4 is 5.82 Å². The molecular weight excluding hydrogens is 188 g/mol. The van der Waals surface area contributed by atoms with Crippen molar-refractivity contribution in [3.8, 4) is 0 Å². The van der Waals surface area contributed by atoms with E-state index in [9.17, 15) is 0 Å². The number of rotatable bonds is 4. The molecule has 0 spiro atoms. The SMILES string of the molecule is Cc1cccnc1NCCn1ccnc1. The van der Waals surface area contributed by atoms with E-state index in [0.29, 0.717) is 0 Å². The molecule has 0 saturated heterocycles. The van der Waals surface area contributed by atoms with Gasteiger partial charge in [-0.25, -0.2) is 9.97 Å². The van der Waals surface area contributed by atoms with Gasteiger partial charge in [-0.15, -0.1) is 0 Å². The standard InChI is InChI=1S/C11H14N4/c1-10-3-2-4-13-11(10)14-6-8-15-7-5-12-9-15/h2-5,7,9H,6,8H2,1H3,(H,13,14). The molecule has 0 aliphatic heterocycles. The summed E-state index contributed by atoms with van der Waals surface area (Å²) < 4.78 is 2.03. The fraction of sp³-hybridized carbons (Fsp3) is 0.273. The molecule has 0 fully saturated rings. The summed E-state index contributed by atoms with van der Waals surface area (Å²) in [7, 11) is 0. The minimum atomic E-state index is 0.855. The summed E-state index contributed by atoms with van der Waals surface area (Å²) >= 11 is 0. The van der Waals surface area contributed by atoms with Crippen molar-refractivity contribution in [2.75, 3.05) is 11.9 Å². The van der Waals surface area contributed by atoms with Crippen molar-refractivity contribution in [1.29, 1.82) is 0 Å². The highest BCUT2D eigenvalue weighted by atomic mass is 15.1. The van der Waals surface area contributed by atoms with Crippen LogP contribution in [0.2, 0.25) is 0 Å². The fourth-order valence-electron chi connectivity index (χ4n) is 1.39. The van der Waals surface area contributed by atoms with Crippen molar-refractivity contribution in [2.24, 2.45) is 0 Å². The van der Waals surface area contributed by atoms with Crippen LogP contribution in [0.1, 0.15) is 5.56 Å². The molecule has 0 aliphatic carbocycles. The fourth-order valence-corrected chi connectivity index (χ4v) is 1.39. The maximum Gasteiger partial charge on any atom is 0.128 e. The van der Waals surface area contributed by atoms with Crippen molar-refractivity contribution in [2.45, 2.75) is 13.5 Å². The van der Waals surface area contributed by atoms with E-state index >= 15 is 0 Å². The van der Waals surface area contributed by atoms with E-state index in [2.05, 4.69) is 15.3 Å². The lowest BCUT2D eigenvalue weighted by molar-refractivity contribution is 0.725. The Labute approximate surface area is 89.0 Å². The van der Waals surface area contributed by atoms with Crippen LogP contribution in [0.25, 0.3) is 0 Å². The molecule has 2 aromatic heterocycles. The van der Waals surface area contributed by atoms with Gasteiger partial charge >= 0.3 is 0 Å². The van der Waals surface area contributed by atoms with Gasteiger partial charge in [0, 0.05) is 31.7 Å². The molecule has 78 valence electrons. The Bertz CT molecular complexity index is 408. The first-order chi connectivity index (χ1) is 7.36. The number of hydrogen-bond acceptors (Lipinski definition) is 3. The van der Waals surface area contributed by atoms with Crippen molar-refractivity contribution in [3.05, 3.63) is 42.6 Å². The molecule has 0 aliphatic rings. The zero-order chi connectivity index (χ0) is 10.5. The smallest absolute Gasteiger partial charge is 0.128 e. The van der Waals surface area contributed by atoms with E-state index in [1.807, 2.05) is 36.1 Å². The molecular formula is C11H14N4. The van der Waals surface area contributed by atoms with Crippen LogP contribution >= 0.6 is 0 Å². The van der Waals surface area contributed by atoms with Crippen molar-refractivity contribution in [1.82, 2.24) is 14.5 Å². The Morgan fingerprint density at radius 1 is 1.40 bits per heavy atom. The number of hydrogen-bond donors (Lipinski definition) is 1. The van der Waals surface area contributed by atoms with E-state index in [1.54, 1.807) is 12.4 Å². The molecule has 1 N–H and O–H groups in total. The first kappa shape index (κ1) is 9.71. The number of pyridine rings is 1. The number of aryl methyl sites for hydroxylation is 1. The van der Waals surface area contributed by atoms with Gasteiger partial charge < -0.3 is 9.88 Å². The monoisotopic (exact) mass is 202 g/mol. The van der Waals surface area contributed by atoms with Crippen molar-refractivity contribution < 1.29 is 0 Å². The number of nitrogens with one attached hydrogen (secondary N) is 1. The number of imidazole rings is 1. The second kappa shape index (κ2) is 4.59. The van der Waals surface area contributed by atoms with Gasteiger partial charge in [0.25, 0.3) is 0 Å². The second-order valence-electron chi connectivity index (χ2n) is 3.40. The molecule has 0 atom stereocenters. The summed E-state index contributed by atoms with van der Waals surface area (Å²) in [6.07, 6.45) is 7.35. The molecule has 0 saturated carbocycles. The largest absolute Gasteiger partial charge is 0.368 e. The zero-order valence-electron chi connectivity index (χ0n) is 8.72. The van der Waals surface area contributed by atoms with Crippen LogP contribution in [0.4, 0.5) is 5.82 Å². The number of aromatic nitrogens is 3. The summed E-state index contributed by atoms with van der Waals surface area (Å²) in [6, 6.07) is 3.99. The van der Waals surface area contributed by atoms with Crippen LogP contribution in [-0.4, -0.2) is 21.1 Å². The third-order valence-corrected chi connectivity index (χ3v) is 2.23. The van der Waals surface area contributed by atoms with Gasteiger partial charge in [-0.05, 0) is 18.6 Å². The average Bonchev–Trinajstić information content (AvgIpc) is 2.74. The molecule has 15 heavy (non-hydrogen) atoms. The highest BCUT2D eigenvalue weighted by Gasteiger charge is 1.96. The summed E-state index contributed by atoms with van der Waals surface area (Å²) in [5.74, 6) is 0.956. The van der Waals surface area contributed by atoms with Gasteiger partial charge in [0.05, 0.1) is 6.33 Å². The highest BCUT2D eigenvalue weighted by molar-refractivity contribution is 5.42. The molecule has 0 amide bonds. The summed E-state index contributed by atoms with van der Waals surface area (Å²) in [6.45, 7) is 3.80. The van der Waals surface area contributed by atoms with Crippen LogP contribution in [0.3, 0.4) is 0 Å². The molecule has 0 bridgehead atoms. The average molecular weight is 202 g/mol. The lowest BCUT2D eigenvalue weighted by Crippen LogP contribution is -2.10. The maximum atomic E-state index is 4.26. The Morgan fingerprint density at radius 2 is 2.33 bits per heavy atom.